The van der Waals surface area contributed by atoms with Crippen molar-refractivity contribution in [3.8, 4) is 0 Å². The van der Waals surface area contributed by atoms with E-state index in [1.54, 1.807) is 6.20 Å². The lowest BCUT2D eigenvalue weighted by Gasteiger charge is -2.08. The van der Waals surface area contributed by atoms with Crippen LogP contribution in [0.4, 0.5) is 17.5 Å². The number of nitrogens with one attached hydrogen (secondary N) is 2. The molecule has 2 aromatic rings. The molecule has 0 aliphatic heterocycles. The van der Waals surface area contributed by atoms with Crippen molar-refractivity contribution in [2.45, 2.75) is 33.6 Å². The maximum Gasteiger partial charge on any atom is 0.249 e. The predicted octanol–water partition coefficient (Wildman–Crippen LogP) is 3.44. The second-order valence-corrected chi connectivity index (χ2v) is 4.87. The van der Waals surface area contributed by atoms with Gasteiger partial charge >= 0.3 is 0 Å². The Balaban J connectivity index is 2.05. The Morgan fingerprint density at radius 3 is 2.75 bits per heavy atom. The number of hydrogen-bond donors (Lipinski definition) is 2. The number of unbranched alkanes of at least 4 members (excludes halogenated alkanes) is 1. The van der Waals surface area contributed by atoms with Gasteiger partial charge in [-0.25, -0.2) is 0 Å². The summed E-state index contributed by atoms with van der Waals surface area (Å²) in [5.41, 5.74) is 3.48. The highest BCUT2D eigenvalue weighted by atomic mass is 15.3. The van der Waals surface area contributed by atoms with Crippen molar-refractivity contribution >= 4 is 17.5 Å². The highest BCUT2D eigenvalue weighted by Gasteiger charge is 2.02. The van der Waals surface area contributed by atoms with Crippen molar-refractivity contribution in [2.75, 3.05) is 17.2 Å². The molecule has 2 rings (SSSR count). The van der Waals surface area contributed by atoms with E-state index in [9.17, 15) is 0 Å². The van der Waals surface area contributed by atoms with Crippen molar-refractivity contribution in [3.63, 3.8) is 0 Å². The molecular weight excluding hydrogens is 250 g/mol. The summed E-state index contributed by atoms with van der Waals surface area (Å²) in [5.74, 6) is 1.26. The predicted molar refractivity (Wildman–Crippen MR) is 82.4 cm³/mol. The van der Waals surface area contributed by atoms with E-state index in [0.29, 0.717) is 5.95 Å². The van der Waals surface area contributed by atoms with E-state index in [4.69, 9.17) is 0 Å². The van der Waals surface area contributed by atoms with Crippen LogP contribution in [0.2, 0.25) is 0 Å². The largest absolute Gasteiger partial charge is 0.369 e. The zero-order chi connectivity index (χ0) is 14.4. The number of rotatable bonds is 6. The van der Waals surface area contributed by atoms with Gasteiger partial charge in [0.25, 0.3) is 0 Å². The quantitative estimate of drug-likeness (QED) is 0.788. The van der Waals surface area contributed by atoms with Gasteiger partial charge in [-0.3, -0.25) is 0 Å². The summed E-state index contributed by atoms with van der Waals surface area (Å²) in [6.07, 6.45) is 3.91. The molecule has 2 N–H and O–H groups in total. The molecule has 0 spiro atoms. The number of aromatic nitrogens is 3. The van der Waals surface area contributed by atoms with Crippen LogP contribution in [0.1, 0.15) is 30.9 Å². The van der Waals surface area contributed by atoms with E-state index in [2.05, 4.69) is 58.7 Å². The van der Waals surface area contributed by atoms with E-state index < -0.39 is 0 Å². The van der Waals surface area contributed by atoms with Gasteiger partial charge < -0.3 is 10.6 Å². The van der Waals surface area contributed by atoms with Crippen molar-refractivity contribution in [2.24, 2.45) is 0 Å². The molecule has 0 saturated carbocycles. The molecule has 5 heteroatoms. The topological polar surface area (TPSA) is 62.7 Å². The minimum Gasteiger partial charge on any atom is -0.369 e. The monoisotopic (exact) mass is 271 g/mol. The summed E-state index contributed by atoms with van der Waals surface area (Å²) in [5, 5.41) is 14.4. The molecule has 0 radical (unpaired) electrons. The second kappa shape index (κ2) is 6.84. The van der Waals surface area contributed by atoms with Crippen molar-refractivity contribution in [1.29, 1.82) is 0 Å². The van der Waals surface area contributed by atoms with Gasteiger partial charge in [0.15, 0.2) is 5.82 Å². The minimum atomic E-state index is 0.509. The van der Waals surface area contributed by atoms with E-state index in [1.165, 1.54) is 11.1 Å². The molecule has 5 nitrogen and oxygen atoms in total. The van der Waals surface area contributed by atoms with Gasteiger partial charge in [0.2, 0.25) is 5.95 Å². The number of aryl methyl sites for hydroxylation is 2. The Morgan fingerprint density at radius 1 is 1.15 bits per heavy atom. The average molecular weight is 271 g/mol. The van der Waals surface area contributed by atoms with Crippen molar-refractivity contribution in [1.82, 2.24) is 15.2 Å². The lowest BCUT2D eigenvalue weighted by molar-refractivity contribution is 0.827. The molecule has 1 heterocycles. The van der Waals surface area contributed by atoms with Crippen LogP contribution in [0.15, 0.2) is 24.4 Å². The zero-order valence-electron chi connectivity index (χ0n) is 12.3. The number of benzene rings is 1. The van der Waals surface area contributed by atoms with Gasteiger partial charge in [-0.15, -0.1) is 5.10 Å². The number of nitrogens with zero attached hydrogens (tertiary/aromatic N) is 3. The van der Waals surface area contributed by atoms with Crippen LogP contribution in [-0.4, -0.2) is 21.7 Å². The summed E-state index contributed by atoms with van der Waals surface area (Å²) in [6.45, 7) is 7.24. The van der Waals surface area contributed by atoms with Gasteiger partial charge in [0, 0.05) is 12.2 Å². The summed E-state index contributed by atoms with van der Waals surface area (Å²) in [6, 6.07) is 6.17. The molecule has 106 valence electrons. The van der Waals surface area contributed by atoms with E-state index in [0.717, 1.165) is 30.9 Å². The molecule has 0 aliphatic carbocycles. The summed E-state index contributed by atoms with van der Waals surface area (Å²) < 4.78 is 0. The Bertz CT molecular complexity index is 568. The third-order valence-electron chi connectivity index (χ3n) is 3.16. The van der Waals surface area contributed by atoms with E-state index in [1.807, 2.05) is 6.07 Å². The van der Waals surface area contributed by atoms with Gasteiger partial charge in [-0.2, -0.15) is 10.1 Å². The van der Waals surface area contributed by atoms with Crippen LogP contribution in [0.5, 0.6) is 0 Å². The second-order valence-electron chi connectivity index (χ2n) is 4.87. The van der Waals surface area contributed by atoms with Crippen LogP contribution >= 0.6 is 0 Å². The average Bonchev–Trinajstić information content (AvgIpc) is 2.44. The molecule has 0 fully saturated rings. The molecule has 0 amide bonds. The third-order valence-corrected chi connectivity index (χ3v) is 3.16. The normalized spacial score (nSPS) is 10.3. The van der Waals surface area contributed by atoms with Crippen LogP contribution in [0.3, 0.4) is 0 Å². The van der Waals surface area contributed by atoms with Crippen LogP contribution in [0.25, 0.3) is 0 Å². The number of hydrogen-bond acceptors (Lipinski definition) is 5. The molecule has 0 saturated heterocycles. The van der Waals surface area contributed by atoms with Crippen molar-refractivity contribution in [3.05, 3.63) is 35.5 Å². The Labute approximate surface area is 119 Å². The fourth-order valence-corrected chi connectivity index (χ4v) is 1.78. The summed E-state index contributed by atoms with van der Waals surface area (Å²) in [7, 11) is 0. The maximum atomic E-state index is 4.40. The van der Waals surface area contributed by atoms with Gasteiger partial charge in [0.1, 0.15) is 0 Å². The molecule has 0 atom stereocenters. The fraction of sp³-hybridized carbons (Fsp3) is 0.400. The Morgan fingerprint density at radius 2 is 2.00 bits per heavy atom. The highest BCUT2D eigenvalue weighted by Crippen LogP contribution is 2.17. The molecular formula is C15H21N5. The maximum absolute atomic E-state index is 4.40. The minimum absolute atomic E-state index is 0.509. The first-order valence-electron chi connectivity index (χ1n) is 6.97. The Hall–Kier alpha value is -2.17. The lowest BCUT2D eigenvalue weighted by Crippen LogP contribution is -2.06. The van der Waals surface area contributed by atoms with Crippen LogP contribution in [-0.2, 0) is 0 Å². The summed E-state index contributed by atoms with van der Waals surface area (Å²) >= 11 is 0. The first-order chi connectivity index (χ1) is 9.69. The molecule has 1 aromatic heterocycles. The molecule has 0 unspecified atom stereocenters. The van der Waals surface area contributed by atoms with Gasteiger partial charge in [-0.05, 0) is 43.5 Å². The molecule has 20 heavy (non-hydrogen) atoms. The highest BCUT2D eigenvalue weighted by molar-refractivity contribution is 5.56. The van der Waals surface area contributed by atoms with Gasteiger partial charge in [-0.1, -0.05) is 19.4 Å². The zero-order valence-corrected chi connectivity index (χ0v) is 12.3. The smallest absolute Gasteiger partial charge is 0.249 e. The van der Waals surface area contributed by atoms with Crippen LogP contribution in [0, 0.1) is 13.8 Å². The molecule has 0 bridgehead atoms. The standard InChI is InChI=1S/C15H21N5/c1-4-5-8-16-14-10-17-20-15(19-14)18-13-7-6-11(2)12(3)9-13/h6-7,9-10H,4-5,8H2,1-3H3,(H2,16,18,19,20). The van der Waals surface area contributed by atoms with Crippen molar-refractivity contribution < 1.29 is 0 Å². The number of anilines is 3. The summed E-state index contributed by atoms with van der Waals surface area (Å²) in [4.78, 5) is 4.40. The molecule has 0 aliphatic rings. The van der Waals surface area contributed by atoms with E-state index in [-0.39, 0.29) is 0 Å². The van der Waals surface area contributed by atoms with Crippen LogP contribution < -0.4 is 10.6 Å². The Kier molecular flexibility index (Phi) is 4.87. The fourth-order valence-electron chi connectivity index (χ4n) is 1.78. The van der Waals surface area contributed by atoms with E-state index >= 15 is 0 Å². The lowest BCUT2D eigenvalue weighted by atomic mass is 10.1. The third kappa shape index (κ3) is 3.91. The molecule has 1 aromatic carbocycles. The first-order valence-corrected chi connectivity index (χ1v) is 6.97. The SMILES string of the molecule is CCCCNc1cnnc(Nc2ccc(C)c(C)c2)n1. The first kappa shape index (κ1) is 14.2. The van der Waals surface area contributed by atoms with Gasteiger partial charge in [0.05, 0.1) is 6.20 Å².